The quantitative estimate of drug-likeness (QED) is 0.680. The lowest BCUT2D eigenvalue weighted by molar-refractivity contribution is 0.108. The maximum absolute atomic E-state index is 12.4. The fraction of sp³-hybridized carbons (Fsp3) is 0.0588. The monoisotopic (exact) mass is 295 g/mol. The van der Waals surface area contributed by atoms with Gasteiger partial charge in [-0.15, -0.1) is 0 Å². The molecule has 2 aromatic carbocycles. The first-order valence-electron chi connectivity index (χ1n) is 6.48. The number of hydrogen-bond donors (Lipinski definition) is 0. The van der Waals surface area contributed by atoms with Crippen molar-refractivity contribution in [3.8, 4) is 5.75 Å². The maximum Gasteiger partial charge on any atom is 0.224 e. The molecule has 0 radical (unpaired) electrons. The number of ether oxygens (including phenoxy) is 1. The topological polar surface area (TPSA) is 39.2 Å². The molecule has 104 valence electrons. The van der Waals surface area contributed by atoms with Crippen molar-refractivity contribution in [2.24, 2.45) is 0 Å². The van der Waals surface area contributed by atoms with E-state index in [4.69, 9.17) is 4.74 Å². The van der Waals surface area contributed by atoms with Crippen LogP contribution in [0.4, 0.5) is 0 Å². The normalized spacial score (nSPS) is 10.5. The molecular weight excluding hydrogens is 282 g/mol. The summed E-state index contributed by atoms with van der Waals surface area (Å²) in [5.74, 6) is 0.678. The molecule has 0 spiro atoms. The molecule has 3 rings (SSSR count). The SMILES string of the molecule is COc1cccc(C(=O)Sc2cccc3cccnc23)c1. The second-order valence-corrected chi connectivity index (χ2v) is 5.47. The van der Waals surface area contributed by atoms with Gasteiger partial charge in [-0.2, -0.15) is 0 Å². The summed E-state index contributed by atoms with van der Waals surface area (Å²) in [7, 11) is 1.59. The van der Waals surface area contributed by atoms with Crippen LogP contribution in [-0.2, 0) is 0 Å². The summed E-state index contributed by atoms with van der Waals surface area (Å²) in [4.78, 5) is 17.6. The Balaban J connectivity index is 1.93. The number of nitrogens with zero attached hydrogens (tertiary/aromatic N) is 1. The van der Waals surface area contributed by atoms with Gasteiger partial charge < -0.3 is 4.74 Å². The molecule has 21 heavy (non-hydrogen) atoms. The van der Waals surface area contributed by atoms with E-state index < -0.39 is 0 Å². The highest BCUT2D eigenvalue weighted by atomic mass is 32.2. The molecule has 3 aromatic rings. The van der Waals surface area contributed by atoms with Gasteiger partial charge in [0.1, 0.15) is 5.75 Å². The van der Waals surface area contributed by atoms with Crippen LogP contribution >= 0.6 is 11.8 Å². The Kier molecular flexibility index (Phi) is 3.88. The highest BCUT2D eigenvalue weighted by Crippen LogP contribution is 2.29. The van der Waals surface area contributed by atoms with E-state index in [1.165, 1.54) is 11.8 Å². The third-order valence-corrected chi connectivity index (χ3v) is 4.07. The first-order valence-corrected chi connectivity index (χ1v) is 7.29. The molecule has 0 bridgehead atoms. The smallest absolute Gasteiger partial charge is 0.224 e. The number of fused-ring (bicyclic) bond motifs is 1. The van der Waals surface area contributed by atoms with E-state index in [0.29, 0.717) is 11.3 Å². The first-order chi connectivity index (χ1) is 10.3. The summed E-state index contributed by atoms with van der Waals surface area (Å²) in [5.41, 5.74) is 1.47. The summed E-state index contributed by atoms with van der Waals surface area (Å²) in [6.45, 7) is 0. The molecule has 0 N–H and O–H groups in total. The lowest BCUT2D eigenvalue weighted by atomic mass is 10.2. The molecule has 0 amide bonds. The van der Waals surface area contributed by atoms with Gasteiger partial charge in [0.25, 0.3) is 0 Å². The standard InChI is InChI=1S/C17H13NO2S/c1-20-14-8-2-6-13(11-14)17(19)21-15-9-3-5-12-7-4-10-18-16(12)15/h2-11H,1H3. The van der Waals surface area contributed by atoms with E-state index >= 15 is 0 Å². The van der Waals surface area contributed by atoms with Gasteiger partial charge in [-0.25, -0.2) is 0 Å². The van der Waals surface area contributed by atoms with Crippen molar-refractivity contribution in [1.29, 1.82) is 0 Å². The molecule has 0 saturated carbocycles. The average molecular weight is 295 g/mol. The summed E-state index contributed by atoms with van der Waals surface area (Å²) < 4.78 is 5.15. The van der Waals surface area contributed by atoms with Crippen LogP contribution in [0.3, 0.4) is 0 Å². The molecule has 0 atom stereocenters. The molecule has 0 unspecified atom stereocenters. The second kappa shape index (κ2) is 5.97. The molecule has 3 nitrogen and oxygen atoms in total. The van der Waals surface area contributed by atoms with E-state index in [9.17, 15) is 4.79 Å². The number of benzene rings is 2. The number of para-hydroxylation sites is 1. The van der Waals surface area contributed by atoms with Crippen LogP contribution in [0.1, 0.15) is 10.4 Å². The van der Waals surface area contributed by atoms with Gasteiger partial charge >= 0.3 is 0 Å². The van der Waals surface area contributed by atoms with Gasteiger partial charge in [0.05, 0.1) is 12.6 Å². The first kappa shape index (κ1) is 13.6. The minimum absolute atomic E-state index is 0.0212. The molecular formula is C17H13NO2S. The number of carbonyl (C=O) groups excluding carboxylic acids is 1. The Morgan fingerprint density at radius 2 is 1.90 bits per heavy atom. The van der Waals surface area contributed by atoms with E-state index in [1.54, 1.807) is 25.4 Å². The molecule has 0 aliphatic carbocycles. The minimum atomic E-state index is -0.0212. The van der Waals surface area contributed by atoms with Crippen molar-refractivity contribution in [2.75, 3.05) is 7.11 Å². The predicted molar refractivity (Wildman–Crippen MR) is 84.9 cm³/mol. The molecule has 0 aliphatic rings. The Bertz CT molecular complexity index is 796. The molecule has 1 heterocycles. The van der Waals surface area contributed by atoms with Gasteiger partial charge in [-0.1, -0.05) is 30.3 Å². The van der Waals surface area contributed by atoms with Crippen LogP contribution in [0.5, 0.6) is 5.75 Å². The summed E-state index contributed by atoms with van der Waals surface area (Å²) in [6, 6.07) is 16.9. The molecule has 0 aliphatic heterocycles. The zero-order valence-electron chi connectivity index (χ0n) is 11.4. The Morgan fingerprint density at radius 1 is 1.10 bits per heavy atom. The van der Waals surface area contributed by atoms with Gasteiger partial charge in [-0.05, 0) is 36.0 Å². The molecule has 4 heteroatoms. The number of pyridine rings is 1. The number of hydrogen-bond acceptors (Lipinski definition) is 4. The second-order valence-electron chi connectivity index (χ2n) is 4.45. The number of rotatable bonds is 3. The van der Waals surface area contributed by atoms with Gasteiger partial charge in [0, 0.05) is 22.0 Å². The van der Waals surface area contributed by atoms with Crippen molar-refractivity contribution < 1.29 is 9.53 Å². The average Bonchev–Trinajstić information content (AvgIpc) is 2.55. The fourth-order valence-electron chi connectivity index (χ4n) is 2.07. The van der Waals surface area contributed by atoms with E-state index in [-0.39, 0.29) is 5.12 Å². The molecule has 0 saturated heterocycles. The lowest BCUT2D eigenvalue weighted by Crippen LogP contribution is -1.95. The number of aromatic nitrogens is 1. The molecule has 0 fully saturated rings. The van der Waals surface area contributed by atoms with Crippen LogP contribution in [0.25, 0.3) is 10.9 Å². The van der Waals surface area contributed by atoms with Gasteiger partial charge in [0.15, 0.2) is 0 Å². The lowest BCUT2D eigenvalue weighted by Gasteiger charge is -2.06. The summed E-state index contributed by atoms with van der Waals surface area (Å²) in [6.07, 6.45) is 1.74. The Morgan fingerprint density at radius 3 is 2.76 bits per heavy atom. The van der Waals surface area contributed by atoms with Crippen LogP contribution in [-0.4, -0.2) is 17.2 Å². The highest BCUT2D eigenvalue weighted by Gasteiger charge is 2.11. The van der Waals surface area contributed by atoms with Gasteiger partial charge in [-0.3, -0.25) is 9.78 Å². The number of carbonyl (C=O) groups is 1. The predicted octanol–water partition coefficient (Wildman–Crippen LogP) is 4.18. The maximum atomic E-state index is 12.4. The van der Waals surface area contributed by atoms with Gasteiger partial charge in [0.2, 0.25) is 5.12 Å². The van der Waals surface area contributed by atoms with Crippen molar-refractivity contribution >= 4 is 27.8 Å². The minimum Gasteiger partial charge on any atom is -0.497 e. The fourth-order valence-corrected chi connectivity index (χ4v) is 2.93. The largest absolute Gasteiger partial charge is 0.497 e. The Hall–Kier alpha value is -2.33. The zero-order valence-corrected chi connectivity index (χ0v) is 12.3. The third kappa shape index (κ3) is 2.90. The van der Waals surface area contributed by atoms with E-state index in [0.717, 1.165) is 15.8 Å². The summed E-state index contributed by atoms with van der Waals surface area (Å²) in [5, 5.41) is 1.01. The number of thioether (sulfide) groups is 1. The van der Waals surface area contributed by atoms with Crippen molar-refractivity contribution in [2.45, 2.75) is 4.90 Å². The third-order valence-electron chi connectivity index (χ3n) is 3.10. The van der Waals surface area contributed by atoms with Crippen molar-refractivity contribution in [3.63, 3.8) is 0 Å². The van der Waals surface area contributed by atoms with Crippen LogP contribution in [0, 0.1) is 0 Å². The van der Waals surface area contributed by atoms with Crippen molar-refractivity contribution in [3.05, 3.63) is 66.4 Å². The van der Waals surface area contributed by atoms with Crippen LogP contribution in [0.15, 0.2) is 65.7 Å². The van der Waals surface area contributed by atoms with E-state index in [1.807, 2.05) is 42.5 Å². The summed E-state index contributed by atoms with van der Waals surface area (Å²) >= 11 is 1.19. The van der Waals surface area contributed by atoms with E-state index in [2.05, 4.69) is 4.98 Å². The number of methoxy groups -OCH3 is 1. The van der Waals surface area contributed by atoms with Crippen LogP contribution in [0.2, 0.25) is 0 Å². The van der Waals surface area contributed by atoms with Crippen molar-refractivity contribution in [1.82, 2.24) is 4.98 Å². The molecule has 1 aromatic heterocycles. The zero-order chi connectivity index (χ0) is 14.7. The highest BCUT2D eigenvalue weighted by molar-refractivity contribution is 8.14. The Labute approximate surface area is 127 Å². The van der Waals surface area contributed by atoms with Crippen LogP contribution < -0.4 is 4.74 Å².